The van der Waals surface area contributed by atoms with E-state index in [0.29, 0.717) is 0 Å². The van der Waals surface area contributed by atoms with E-state index in [9.17, 15) is 17.6 Å². The first-order valence-corrected chi connectivity index (χ1v) is 12.3. The molecule has 0 aliphatic rings. The second-order valence-electron chi connectivity index (χ2n) is 7.81. The number of rotatable bonds is 10. The Hall–Kier alpha value is -3.07. The number of ether oxygens (including phenoxy) is 3. The van der Waals surface area contributed by atoms with Crippen molar-refractivity contribution in [2.45, 2.75) is 23.9 Å². The van der Waals surface area contributed by atoms with E-state index in [1.807, 2.05) is 0 Å². The topological polar surface area (TPSA) is 27.7 Å². The highest BCUT2D eigenvalue weighted by atomic mass is 31.2. The lowest BCUT2D eigenvalue weighted by Crippen LogP contribution is -2.62. The summed E-state index contributed by atoms with van der Waals surface area (Å²) >= 11 is 0. The van der Waals surface area contributed by atoms with Gasteiger partial charge in [-0.1, -0.05) is 18.2 Å². The molecule has 0 spiro atoms. The Bertz CT molecular complexity index is 1120. The monoisotopic (exact) mass is 553 g/mol. The fourth-order valence-corrected chi connectivity index (χ4v) is 8.27. The second kappa shape index (κ2) is 10.4. The van der Waals surface area contributed by atoms with E-state index in [0.717, 1.165) is 36.4 Å². The Labute approximate surface area is 208 Å². The molecule has 0 unspecified atom stereocenters. The van der Waals surface area contributed by atoms with Gasteiger partial charge in [-0.15, -0.1) is 0 Å². The molecule has 0 amide bonds. The van der Waals surface area contributed by atoms with Gasteiger partial charge in [0.05, 0.1) is 21.3 Å². The molecule has 37 heavy (non-hydrogen) atoms. The van der Waals surface area contributed by atoms with Crippen molar-refractivity contribution in [1.82, 2.24) is 0 Å². The van der Waals surface area contributed by atoms with Crippen LogP contribution in [0, 0.1) is 0 Å². The third-order valence-electron chi connectivity index (χ3n) is 5.81. The molecule has 200 valence electrons. The van der Waals surface area contributed by atoms with Gasteiger partial charge in [-0.3, -0.25) is 0 Å². The van der Waals surface area contributed by atoms with E-state index in [-0.39, 0.29) is 17.2 Å². The van der Waals surface area contributed by atoms with Crippen molar-refractivity contribution < 1.29 is 49.3 Å². The summed E-state index contributed by atoms with van der Waals surface area (Å²) in [4.78, 5) is 0. The van der Waals surface area contributed by atoms with Crippen LogP contribution in [0.25, 0.3) is 0 Å². The van der Waals surface area contributed by atoms with E-state index in [1.165, 1.54) is 57.7 Å². The van der Waals surface area contributed by atoms with Crippen molar-refractivity contribution in [1.29, 1.82) is 0 Å². The molecule has 3 rings (SSSR count). The van der Waals surface area contributed by atoms with Crippen LogP contribution >= 0.6 is 7.26 Å². The molecular formula is C25H22F8O3P+. The molecule has 3 aromatic rings. The van der Waals surface area contributed by atoms with Gasteiger partial charge < -0.3 is 14.2 Å². The van der Waals surface area contributed by atoms with Gasteiger partial charge >= 0.3 is 23.9 Å². The molecule has 0 saturated heterocycles. The van der Waals surface area contributed by atoms with Gasteiger partial charge in [0.15, 0.2) is 7.26 Å². The van der Waals surface area contributed by atoms with Crippen LogP contribution in [0.4, 0.5) is 35.1 Å². The Morgan fingerprint density at radius 3 is 1.19 bits per heavy atom. The highest BCUT2D eigenvalue weighted by Gasteiger charge is 2.87. The van der Waals surface area contributed by atoms with Crippen LogP contribution in [-0.2, 0) is 0 Å². The van der Waals surface area contributed by atoms with Gasteiger partial charge in [-0.2, -0.15) is 26.3 Å². The maximum Gasteiger partial charge on any atom is 0.436 e. The zero-order valence-electron chi connectivity index (χ0n) is 19.7. The lowest BCUT2D eigenvalue weighted by molar-refractivity contribution is -0.314. The Balaban J connectivity index is 2.61. The first-order valence-electron chi connectivity index (χ1n) is 10.6. The van der Waals surface area contributed by atoms with Crippen LogP contribution in [0.2, 0.25) is 0 Å². The molecule has 12 heteroatoms. The first-order chi connectivity index (χ1) is 17.3. The average molecular weight is 553 g/mol. The van der Waals surface area contributed by atoms with Crippen molar-refractivity contribution in [3.8, 4) is 17.2 Å². The molecule has 0 fully saturated rings. The number of hydrogen-bond acceptors (Lipinski definition) is 3. The lowest BCUT2D eigenvalue weighted by atomic mass is 10.2. The minimum absolute atomic E-state index is 0.0487. The normalized spacial score (nSPS) is 13.0. The molecule has 0 aromatic heterocycles. The number of hydrogen-bond donors (Lipinski definition) is 0. The van der Waals surface area contributed by atoms with E-state index in [2.05, 4.69) is 0 Å². The molecule has 0 aliphatic heterocycles. The van der Waals surface area contributed by atoms with E-state index < -0.39 is 47.1 Å². The lowest BCUT2D eigenvalue weighted by Gasteiger charge is -2.39. The maximum atomic E-state index is 16.5. The second-order valence-corrected chi connectivity index (χ2v) is 11.3. The standard InChI is InChI=1S/C25H22F8O3P/c1-34-16-7-4-10-19(13-16)37(20-11-5-8-17(14-20)35-2,21-12-6-9-18(15-21)36-3)25(32,33)24(30,31)23(28,29)22(26)27/h4-15,22H,1-3H3/q+1. The van der Waals surface area contributed by atoms with Crippen molar-refractivity contribution in [3.63, 3.8) is 0 Å². The molecule has 0 heterocycles. The Kier molecular flexibility index (Phi) is 7.98. The van der Waals surface area contributed by atoms with Gasteiger partial charge in [-0.25, -0.2) is 8.78 Å². The molecule has 0 aliphatic carbocycles. The third kappa shape index (κ3) is 4.47. The van der Waals surface area contributed by atoms with Crippen LogP contribution in [0.15, 0.2) is 72.8 Å². The van der Waals surface area contributed by atoms with Gasteiger partial charge in [0, 0.05) is 18.2 Å². The zero-order valence-corrected chi connectivity index (χ0v) is 20.6. The summed E-state index contributed by atoms with van der Waals surface area (Å²) in [6, 6.07) is 13.7. The van der Waals surface area contributed by atoms with Gasteiger partial charge in [0.2, 0.25) is 0 Å². The summed E-state index contributed by atoms with van der Waals surface area (Å²) in [5, 5.41) is -1.57. The molecule has 3 aromatic carbocycles. The van der Waals surface area contributed by atoms with Crippen molar-refractivity contribution >= 4 is 23.2 Å². The fraction of sp³-hybridized carbons (Fsp3) is 0.280. The molecule has 0 atom stereocenters. The number of benzene rings is 3. The van der Waals surface area contributed by atoms with Crippen molar-refractivity contribution in [2.75, 3.05) is 21.3 Å². The summed E-state index contributed by atoms with van der Waals surface area (Å²) in [5.74, 6) is -13.0. The summed E-state index contributed by atoms with van der Waals surface area (Å²) in [7, 11) is -1.71. The van der Waals surface area contributed by atoms with Crippen molar-refractivity contribution in [3.05, 3.63) is 72.8 Å². The summed E-state index contributed by atoms with van der Waals surface area (Å²) < 4.78 is 134. The summed E-state index contributed by atoms with van der Waals surface area (Å²) in [6.07, 6.45) is -5.07. The number of halogens is 8. The number of alkyl halides is 8. The molecule has 0 radical (unpaired) electrons. The van der Waals surface area contributed by atoms with E-state index in [1.54, 1.807) is 0 Å². The first kappa shape index (κ1) is 28.5. The largest absolute Gasteiger partial charge is 0.497 e. The molecule has 0 saturated carbocycles. The molecular weight excluding hydrogens is 531 g/mol. The highest BCUT2D eigenvalue weighted by Crippen LogP contribution is 2.74. The van der Waals surface area contributed by atoms with Gasteiger partial charge in [0.1, 0.15) is 33.2 Å². The quantitative estimate of drug-likeness (QED) is 0.223. The predicted octanol–water partition coefficient (Wildman–Crippen LogP) is 6.13. The third-order valence-corrected chi connectivity index (χ3v) is 10.1. The van der Waals surface area contributed by atoms with Crippen LogP contribution in [-0.4, -0.2) is 45.3 Å². The summed E-state index contributed by atoms with van der Waals surface area (Å²) in [5.41, 5.74) is -5.76. The molecule has 0 N–H and O–H groups in total. The Morgan fingerprint density at radius 1 is 0.595 bits per heavy atom. The maximum absolute atomic E-state index is 16.5. The average Bonchev–Trinajstić information content (AvgIpc) is 2.89. The molecule has 0 bridgehead atoms. The summed E-state index contributed by atoms with van der Waals surface area (Å²) in [6.45, 7) is 0. The fourth-order valence-electron chi connectivity index (χ4n) is 3.94. The minimum atomic E-state index is -6.50. The Morgan fingerprint density at radius 2 is 0.919 bits per heavy atom. The van der Waals surface area contributed by atoms with Gasteiger partial charge in [-0.05, 0) is 36.4 Å². The smallest absolute Gasteiger partial charge is 0.436 e. The van der Waals surface area contributed by atoms with Gasteiger partial charge in [0.25, 0.3) is 0 Å². The zero-order chi connectivity index (χ0) is 27.6. The SMILES string of the molecule is COc1cccc([P+](c2cccc(OC)c2)(c2cccc(OC)c2)C(F)(F)C(F)(F)C(F)(F)C(F)F)c1. The van der Waals surface area contributed by atoms with Crippen LogP contribution in [0.1, 0.15) is 0 Å². The van der Waals surface area contributed by atoms with E-state index >= 15 is 17.6 Å². The van der Waals surface area contributed by atoms with Crippen molar-refractivity contribution in [2.24, 2.45) is 0 Å². The van der Waals surface area contributed by atoms with Crippen LogP contribution in [0.5, 0.6) is 17.2 Å². The van der Waals surface area contributed by atoms with Crippen LogP contribution < -0.4 is 30.1 Å². The number of methoxy groups -OCH3 is 3. The predicted molar refractivity (Wildman–Crippen MR) is 126 cm³/mol. The van der Waals surface area contributed by atoms with E-state index in [4.69, 9.17) is 14.2 Å². The highest BCUT2D eigenvalue weighted by molar-refractivity contribution is 7.96. The minimum Gasteiger partial charge on any atom is -0.497 e. The molecule has 3 nitrogen and oxygen atoms in total. The van der Waals surface area contributed by atoms with Crippen LogP contribution in [0.3, 0.4) is 0 Å².